The molecule has 0 saturated carbocycles. The Kier molecular flexibility index (Phi) is 5.28. The minimum atomic E-state index is -4.30. The third kappa shape index (κ3) is 4.03. The average Bonchev–Trinajstić information content (AvgIpc) is 2.53. The molecule has 0 bridgehead atoms. The molecule has 0 radical (unpaired) electrons. The SMILES string of the molecule is C=C(CN(C(F)F)S(=O)(=O)c1ccc(C)cc1)c1ccccc1. The zero-order valence-electron chi connectivity index (χ0n) is 12.6. The van der Waals surface area contributed by atoms with Gasteiger partial charge in [-0.25, -0.2) is 8.42 Å². The predicted molar refractivity (Wildman–Crippen MR) is 86.6 cm³/mol. The molecular formula is C17H17F2NO2S. The Morgan fingerprint density at radius 1 is 1.09 bits per heavy atom. The van der Waals surface area contributed by atoms with Crippen molar-refractivity contribution in [1.82, 2.24) is 4.31 Å². The number of alkyl halides is 2. The van der Waals surface area contributed by atoms with E-state index in [-0.39, 0.29) is 9.20 Å². The summed E-state index contributed by atoms with van der Waals surface area (Å²) in [4.78, 5) is -0.163. The maximum absolute atomic E-state index is 13.3. The van der Waals surface area contributed by atoms with Crippen LogP contribution < -0.4 is 0 Å². The summed E-state index contributed by atoms with van der Waals surface area (Å²) in [5.41, 5.74) is 1.78. The van der Waals surface area contributed by atoms with E-state index in [1.165, 1.54) is 12.1 Å². The molecule has 122 valence electrons. The molecule has 0 heterocycles. The number of aryl methyl sites for hydroxylation is 1. The van der Waals surface area contributed by atoms with Gasteiger partial charge in [0.25, 0.3) is 0 Å². The summed E-state index contributed by atoms with van der Waals surface area (Å²) in [6.45, 7) is 1.89. The fourth-order valence-corrected chi connectivity index (χ4v) is 3.34. The van der Waals surface area contributed by atoms with Crippen molar-refractivity contribution in [3.8, 4) is 0 Å². The number of sulfonamides is 1. The van der Waals surface area contributed by atoms with Crippen molar-refractivity contribution in [3.05, 3.63) is 72.3 Å². The molecule has 0 aliphatic rings. The Labute approximate surface area is 134 Å². The van der Waals surface area contributed by atoms with Gasteiger partial charge in [-0.15, -0.1) is 4.31 Å². The van der Waals surface area contributed by atoms with E-state index < -0.39 is 23.1 Å². The second kappa shape index (κ2) is 7.02. The van der Waals surface area contributed by atoms with E-state index in [4.69, 9.17) is 0 Å². The van der Waals surface area contributed by atoms with Gasteiger partial charge >= 0.3 is 6.55 Å². The molecule has 2 aromatic rings. The van der Waals surface area contributed by atoms with Crippen LogP contribution in [0.15, 0.2) is 66.1 Å². The molecule has 0 N–H and O–H groups in total. The number of nitrogens with zero attached hydrogens (tertiary/aromatic N) is 1. The van der Waals surface area contributed by atoms with Crippen LogP contribution in [-0.4, -0.2) is 25.8 Å². The highest BCUT2D eigenvalue weighted by molar-refractivity contribution is 7.89. The Morgan fingerprint density at radius 2 is 1.65 bits per heavy atom. The van der Waals surface area contributed by atoms with Crippen molar-refractivity contribution >= 4 is 15.6 Å². The van der Waals surface area contributed by atoms with E-state index in [1.54, 1.807) is 49.4 Å². The first-order valence-corrected chi connectivity index (χ1v) is 8.36. The molecule has 6 heteroatoms. The lowest BCUT2D eigenvalue weighted by Gasteiger charge is -2.22. The molecular weight excluding hydrogens is 320 g/mol. The van der Waals surface area contributed by atoms with Gasteiger partial charge in [-0.2, -0.15) is 8.78 Å². The number of rotatable bonds is 6. The van der Waals surface area contributed by atoms with Crippen LogP contribution in [-0.2, 0) is 10.0 Å². The van der Waals surface area contributed by atoms with Gasteiger partial charge in [-0.1, -0.05) is 54.6 Å². The molecule has 0 atom stereocenters. The largest absolute Gasteiger partial charge is 0.307 e. The first-order valence-electron chi connectivity index (χ1n) is 6.92. The van der Waals surface area contributed by atoms with Crippen LogP contribution in [0.5, 0.6) is 0 Å². The lowest BCUT2D eigenvalue weighted by Crippen LogP contribution is -2.36. The molecule has 23 heavy (non-hydrogen) atoms. The normalized spacial score (nSPS) is 11.9. The first-order chi connectivity index (χ1) is 10.8. The second-order valence-electron chi connectivity index (χ2n) is 5.11. The Morgan fingerprint density at radius 3 is 2.17 bits per heavy atom. The Bertz CT molecular complexity index is 772. The molecule has 2 rings (SSSR count). The molecule has 0 spiro atoms. The Hall–Kier alpha value is -2.05. The lowest BCUT2D eigenvalue weighted by atomic mass is 10.1. The highest BCUT2D eigenvalue weighted by Gasteiger charge is 2.32. The quantitative estimate of drug-likeness (QED) is 0.749. The van der Waals surface area contributed by atoms with Gasteiger partial charge in [-0.05, 0) is 30.2 Å². The molecule has 0 aromatic heterocycles. The van der Waals surface area contributed by atoms with Crippen molar-refractivity contribution in [1.29, 1.82) is 0 Å². The number of benzene rings is 2. The standard InChI is InChI=1S/C17H17F2NO2S/c1-13-8-10-16(11-9-13)23(21,22)20(17(18)19)12-14(2)15-6-4-3-5-7-15/h3-11,17H,2,12H2,1H3. The fraction of sp³-hybridized carbons (Fsp3) is 0.176. The zero-order valence-corrected chi connectivity index (χ0v) is 13.4. The van der Waals surface area contributed by atoms with Crippen LogP contribution in [0, 0.1) is 6.92 Å². The van der Waals surface area contributed by atoms with Crippen LogP contribution in [0.4, 0.5) is 8.78 Å². The summed E-state index contributed by atoms with van der Waals surface area (Å²) in [5.74, 6) is 0. The highest BCUT2D eigenvalue weighted by atomic mass is 32.2. The van der Waals surface area contributed by atoms with Gasteiger partial charge in [0, 0.05) is 6.54 Å². The van der Waals surface area contributed by atoms with Crippen LogP contribution in [0.1, 0.15) is 11.1 Å². The van der Waals surface area contributed by atoms with E-state index in [9.17, 15) is 17.2 Å². The molecule has 2 aromatic carbocycles. The lowest BCUT2D eigenvalue weighted by molar-refractivity contribution is 0.0391. The summed E-state index contributed by atoms with van der Waals surface area (Å²) in [6.07, 6.45) is 0. The van der Waals surface area contributed by atoms with Crippen molar-refractivity contribution < 1.29 is 17.2 Å². The maximum Gasteiger partial charge on any atom is 0.307 e. The number of halogens is 2. The van der Waals surface area contributed by atoms with E-state index in [0.717, 1.165) is 5.56 Å². The van der Waals surface area contributed by atoms with Crippen LogP contribution in [0.25, 0.3) is 5.57 Å². The van der Waals surface area contributed by atoms with E-state index >= 15 is 0 Å². The fourth-order valence-electron chi connectivity index (χ4n) is 2.06. The third-order valence-electron chi connectivity index (χ3n) is 3.37. The zero-order chi connectivity index (χ0) is 17.0. The highest BCUT2D eigenvalue weighted by Crippen LogP contribution is 2.24. The minimum Gasteiger partial charge on any atom is -0.207 e. The molecule has 0 aliphatic heterocycles. The van der Waals surface area contributed by atoms with Gasteiger partial charge in [-0.3, -0.25) is 0 Å². The van der Waals surface area contributed by atoms with Crippen molar-refractivity contribution in [2.75, 3.05) is 6.54 Å². The van der Waals surface area contributed by atoms with Gasteiger partial charge in [0.15, 0.2) is 0 Å². The van der Waals surface area contributed by atoms with Crippen molar-refractivity contribution in [3.63, 3.8) is 0 Å². The summed E-state index contributed by atoms with van der Waals surface area (Å²) in [7, 11) is -4.30. The second-order valence-corrected chi connectivity index (χ2v) is 7.00. The topological polar surface area (TPSA) is 37.4 Å². The maximum atomic E-state index is 13.3. The van der Waals surface area contributed by atoms with Gasteiger partial charge in [0.2, 0.25) is 10.0 Å². The minimum absolute atomic E-state index is 0.160. The number of hydrogen-bond donors (Lipinski definition) is 0. The van der Waals surface area contributed by atoms with Crippen LogP contribution in [0.2, 0.25) is 0 Å². The molecule has 0 unspecified atom stereocenters. The molecule has 0 saturated heterocycles. The van der Waals surface area contributed by atoms with Crippen molar-refractivity contribution in [2.45, 2.75) is 18.4 Å². The monoisotopic (exact) mass is 337 g/mol. The van der Waals surface area contributed by atoms with Crippen LogP contribution in [0.3, 0.4) is 0 Å². The molecule has 0 aliphatic carbocycles. The van der Waals surface area contributed by atoms with E-state index in [1.807, 2.05) is 0 Å². The summed E-state index contributed by atoms with van der Waals surface area (Å²) < 4.78 is 51.8. The molecule has 0 amide bonds. The average molecular weight is 337 g/mol. The summed E-state index contributed by atoms with van der Waals surface area (Å²) in [5, 5.41) is 0. The molecule has 3 nitrogen and oxygen atoms in total. The third-order valence-corrected chi connectivity index (χ3v) is 5.15. The smallest absolute Gasteiger partial charge is 0.207 e. The van der Waals surface area contributed by atoms with Gasteiger partial charge in [0.05, 0.1) is 4.90 Å². The summed E-state index contributed by atoms with van der Waals surface area (Å²) >= 11 is 0. The van der Waals surface area contributed by atoms with Gasteiger partial charge < -0.3 is 0 Å². The first kappa shape index (κ1) is 17.3. The van der Waals surface area contributed by atoms with Crippen molar-refractivity contribution in [2.24, 2.45) is 0 Å². The Balaban J connectivity index is 2.31. The number of hydrogen-bond acceptors (Lipinski definition) is 2. The molecule has 0 fully saturated rings. The van der Waals surface area contributed by atoms with Gasteiger partial charge in [0.1, 0.15) is 0 Å². The predicted octanol–water partition coefficient (Wildman–Crippen LogP) is 3.92. The van der Waals surface area contributed by atoms with Crippen LogP contribution >= 0.6 is 0 Å². The van der Waals surface area contributed by atoms with E-state index in [0.29, 0.717) is 11.1 Å². The summed E-state index contributed by atoms with van der Waals surface area (Å²) in [6, 6.07) is 14.4. The van der Waals surface area contributed by atoms with E-state index in [2.05, 4.69) is 6.58 Å².